The van der Waals surface area contributed by atoms with Crippen LogP contribution in [-0.2, 0) is 4.74 Å². The minimum atomic E-state index is -3.52. The fourth-order valence-electron chi connectivity index (χ4n) is 4.29. The SMILES string of the molecule is O=C(c1ccccc1)C1(O)O[C@@H](CO)[C@@](O)(C(=O)c2ccccc2)[C@@]1(O)C(=O)c1ccccc1. The van der Waals surface area contributed by atoms with E-state index >= 15 is 0 Å². The van der Waals surface area contributed by atoms with E-state index in [1.807, 2.05) is 0 Å². The fraction of sp³-hybridized carbons (Fsp3) is 0.192. The van der Waals surface area contributed by atoms with Gasteiger partial charge in [0.25, 0.3) is 5.79 Å². The first-order valence-corrected chi connectivity index (χ1v) is 10.5. The second-order valence-corrected chi connectivity index (χ2v) is 8.00. The summed E-state index contributed by atoms with van der Waals surface area (Å²) in [7, 11) is 0. The molecule has 1 aliphatic heterocycles. The molecule has 0 radical (unpaired) electrons. The Morgan fingerprint density at radius 2 is 1.03 bits per heavy atom. The summed E-state index contributed by atoms with van der Waals surface area (Å²) in [6, 6.07) is 21.5. The van der Waals surface area contributed by atoms with Gasteiger partial charge in [-0.15, -0.1) is 0 Å². The van der Waals surface area contributed by atoms with Crippen LogP contribution in [0.1, 0.15) is 31.1 Å². The minimum absolute atomic E-state index is 0.136. The van der Waals surface area contributed by atoms with E-state index in [0.717, 1.165) is 0 Å². The Bertz CT molecular complexity index is 1210. The third-order valence-electron chi connectivity index (χ3n) is 6.08. The van der Waals surface area contributed by atoms with Crippen molar-refractivity contribution in [2.24, 2.45) is 0 Å². The molecule has 0 spiro atoms. The Morgan fingerprint density at radius 1 is 0.647 bits per heavy atom. The fourth-order valence-corrected chi connectivity index (χ4v) is 4.29. The summed E-state index contributed by atoms with van der Waals surface area (Å²) < 4.78 is 5.35. The van der Waals surface area contributed by atoms with Crippen molar-refractivity contribution in [3.63, 3.8) is 0 Å². The molecule has 0 aliphatic carbocycles. The third-order valence-corrected chi connectivity index (χ3v) is 6.08. The van der Waals surface area contributed by atoms with Gasteiger partial charge in [-0.2, -0.15) is 0 Å². The van der Waals surface area contributed by atoms with E-state index in [9.17, 15) is 34.8 Å². The maximum absolute atomic E-state index is 13.7. The lowest BCUT2D eigenvalue weighted by Crippen LogP contribution is -2.73. The minimum Gasteiger partial charge on any atom is -0.394 e. The molecule has 0 bridgehead atoms. The molecular formula is C26H22O8. The van der Waals surface area contributed by atoms with Gasteiger partial charge in [0.2, 0.25) is 23.0 Å². The van der Waals surface area contributed by atoms with Gasteiger partial charge in [-0.1, -0.05) is 91.0 Å². The molecule has 3 aromatic carbocycles. The number of aliphatic hydroxyl groups is 4. The van der Waals surface area contributed by atoms with Crippen molar-refractivity contribution in [3.05, 3.63) is 108 Å². The lowest BCUT2D eigenvalue weighted by Gasteiger charge is -2.40. The molecule has 4 atom stereocenters. The maximum Gasteiger partial charge on any atom is 0.272 e. The number of aliphatic hydroxyl groups excluding tert-OH is 1. The van der Waals surface area contributed by atoms with Crippen LogP contribution in [0.5, 0.6) is 0 Å². The molecule has 174 valence electrons. The summed E-state index contributed by atoms with van der Waals surface area (Å²) in [5.74, 6) is -7.22. The van der Waals surface area contributed by atoms with E-state index in [2.05, 4.69) is 0 Å². The van der Waals surface area contributed by atoms with Crippen LogP contribution in [0.25, 0.3) is 0 Å². The van der Waals surface area contributed by atoms with Crippen LogP contribution in [0.15, 0.2) is 91.0 Å². The molecule has 1 saturated heterocycles. The van der Waals surface area contributed by atoms with Crippen molar-refractivity contribution in [2.75, 3.05) is 6.61 Å². The quantitative estimate of drug-likeness (QED) is 0.384. The zero-order chi connectivity index (χ0) is 24.6. The Balaban J connectivity index is 1.98. The first kappa shape index (κ1) is 23.6. The third kappa shape index (κ3) is 3.24. The summed E-state index contributed by atoms with van der Waals surface area (Å²) >= 11 is 0. The zero-order valence-electron chi connectivity index (χ0n) is 17.9. The average Bonchev–Trinajstić information content (AvgIpc) is 3.08. The number of Topliss-reactive ketones (excluding diaryl/α,β-unsaturated/α-hetero) is 3. The van der Waals surface area contributed by atoms with Crippen molar-refractivity contribution in [3.8, 4) is 0 Å². The highest BCUT2D eigenvalue weighted by Crippen LogP contribution is 2.50. The van der Waals surface area contributed by atoms with E-state index < -0.39 is 47.0 Å². The highest BCUT2D eigenvalue weighted by atomic mass is 16.7. The van der Waals surface area contributed by atoms with Gasteiger partial charge >= 0.3 is 0 Å². The summed E-state index contributed by atoms with van der Waals surface area (Å²) in [6.45, 7) is -1.09. The van der Waals surface area contributed by atoms with E-state index in [4.69, 9.17) is 4.74 Å². The van der Waals surface area contributed by atoms with Gasteiger partial charge in [-0.05, 0) is 0 Å². The van der Waals surface area contributed by atoms with Crippen LogP contribution in [0.2, 0.25) is 0 Å². The maximum atomic E-state index is 13.7. The van der Waals surface area contributed by atoms with Gasteiger partial charge in [0, 0.05) is 16.7 Å². The molecule has 0 saturated carbocycles. The normalized spacial score (nSPS) is 28.4. The largest absolute Gasteiger partial charge is 0.394 e. The summed E-state index contributed by atoms with van der Waals surface area (Å²) in [6.07, 6.45) is -2.02. The smallest absolute Gasteiger partial charge is 0.272 e. The lowest BCUT2D eigenvalue weighted by molar-refractivity contribution is -0.217. The molecule has 8 nitrogen and oxygen atoms in total. The second kappa shape index (κ2) is 8.68. The van der Waals surface area contributed by atoms with E-state index in [-0.39, 0.29) is 16.7 Å². The van der Waals surface area contributed by atoms with Crippen molar-refractivity contribution in [2.45, 2.75) is 23.1 Å². The van der Waals surface area contributed by atoms with Gasteiger partial charge in [0.1, 0.15) is 6.10 Å². The van der Waals surface area contributed by atoms with Gasteiger partial charge in [-0.3, -0.25) is 14.4 Å². The van der Waals surface area contributed by atoms with Crippen LogP contribution in [0.3, 0.4) is 0 Å². The number of carbonyl (C=O) groups excluding carboxylic acids is 3. The van der Waals surface area contributed by atoms with E-state index in [1.54, 1.807) is 18.2 Å². The van der Waals surface area contributed by atoms with Crippen molar-refractivity contribution in [1.82, 2.24) is 0 Å². The molecule has 1 fully saturated rings. The molecule has 4 N–H and O–H groups in total. The summed E-state index contributed by atoms with van der Waals surface area (Å²) in [4.78, 5) is 40.7. The highest BCUT2D eigenvalue weighted by Gasteiger charge is 2.81. The average molecular weight is 462 g/mol. The molecule has 34 heavy (non-hydrogen) atoms. The molecule has 0 aromatic heterocycles. The van der Waals surface area contributed by atoms with Gasteiger partial charge < -0.3 is 25.2 Å². The standard InChI is InChI=1S/C26H22O8/c27-16-20-24(31,21(28)17-10-4-1-5-11-17)25(32,22(29)18-12-6-2-7-13-18)26(33,34-20)23(30)19-14-8-3-9-15-19/h1-15,20,27,31-33H,16H2/t20-,24+,25-,26?/m0/s1. The van der Waals surface area contributed by atoms with Crippen LogP contribution in [-0.4, -0.2) is 67.5 Å². The zero-order valence-corrected chi connectivity index (χ0v) is 17.9. The molecule has 1 aliphatic rings. The topological polar surface area (TPSA) is 141 Å². The van der Waals surface area contributed by atoms with Crippen LogP contribution in [0, 0.1) is 0 Å². The first-order valence-electron chi connectivity index (χ1n) is 10.5. The number of benzene rings is 3. The number of carbonyl (C=O) groups is 3. The first-order chi connectivity index (χ1) is 16.2. The van der Waals surface area contributed by atoms with Crippen LogP contribution >= 0.6 is 0 Å². The molecule has 4 rings (SSSR count). The predicted octanol–water partition coefficient (Wildman–Crippen LogP) is 1.18. The van der Waals surface area contributed by atoms with Gasteiger partial charge in [0.05, 0.1) is 6.61 Å². The van der Waals surface area contributed by atoms with Crippen molar-refractivity contribution >= 4 is 17.3 Å². The molecule has 3 aromatic rings. The molecule has 0 amide bonds. The second-order valence-electron chi connectivity index (χ2n) is 8.00. The Morgan fingerprint density at radius 3 is 1.44 bits per heavy atom. The van der Waals surface area contributed by atoms with Gasteiger partial charge in [-0.25, -0.2) is 0 Å². The summed E-state index contributed by atoms with van der Waals surface area (Å²) in [5.41, 5.74) is -7.24. The Kier molecular flexibility index (Phi) is 6.03. The monoisotopic (exact) mass is 462 g/mol. The Labute approximate surface area is 194 Å². The number of hydrogen-bond acceptors (Lipinski definition) is 8. The molecule has 8 heteroatoms. The number of ether oxygens (including phenoxy) is 1. The number of ketones is 3. The molecule has 1 unspecified atom stereocenters. The van der Waals surface area contributed by atoms with Crippen LogP contribution < -0.4 is 0 Å². The Hall–Kier alpha value is -3.53. The van der Waals surface area contributed by atoms with E-state index in [1.165, 1.54) is 72.8 Å². The lowest BCUT2D eigenvalue weighted by atomic mass is 9.67. The number of hydrogen-bond donors (Lipinski definition) is 4. The molecule has 1 heterocycles. The summed E-state index contributed by atoms with van der Waals surface area (Å²) in [5, 5.41) is 45.1. The number of rotatable bonds is 7. The highest BCUT2D eigenvalue weighted by molar-refractivity contribution is 6.18. The van der Waals surface area contributed by atoms with E-state index in [0.29, 0.717) is 0 Å². The van der Waals surface area contributed by atoms with Crippen LogP contribution in [0.4, 0.5) is 0 Å². The van der Waals surface area contributed by atoms with Crippen molar-refractivity contribution in [1.29, 1.82) is 0 Å². The molecular weight excluding hydrogens is 440 g/mol. The van der Waals surface area contributed by atoms with Crippen molar-refractivity contribution < 1.29 is 39.5 Å². The van der Waals surface area contributed by atoms with Gasteiger partial charge in [0.15, 0.2) is 5.60 Å². The predicted molar refractivity (Wildman–Crippen MR) is 119 cm³/mol.